The lowest BCUT2D eigenvalue weighted by Gasteiger charge is -2.20. The van der Waals surface area contributed by atoms with Gasteiger partial charge >= 0.3 is 0 Å². The molecule has 0 saturated carbocycles. The Hall–Kier alpha value is -2.03. The predicted octanol–water partition coefficient (Wildman–Crippen LogP) is 5.91. The van der Waals surface area contributed by atoms with E-state index in [2.05, 4.69) is 78.7 Å². The second-order valence-electron chi connectivity index (χ2n) is 7.67. The van der Waals surface area contributed by atoms with Crippen molar-refractivity contribution in [3.63, 3.8) is 0 Å². The first kappa shape index (κ1) is 20.7. The van der Waals surface area contributed by atoms with E-state index in [1.54, 1.807) is 0 Å². The fraction of sp³-hybridized carbons (Fsp3) is 0.360. The Kier molecular flexibility index (Phi) is 7.36. The van der Waals surface area contributed by atoms with Crippen molar-refractivity contribution in [1.29, 1.82) is 0 Å². The number of aryl methyl sites for hydroxylation is 2. The van der Waals surface area contributed by atoms with E-state index in [9.17, 15) is 0 Å². The summed E-state index contributed by atoms with van der Waals surface area (Å²) < 4.78 is 6.42. The number of ether oxygens (including phenoxy) is 1. The molecule has 1 saturated heterocycles. The summed E-state index contributed by atoms with van der Waals surface area (Å²) in [6.45, 7) is 2.02. The quantitative estimate of drug-likeness (QED) is 0.493. The summed E-state index contributed by atoms with van der Waals surface area (Å²) in [5.74, 6) is 1.09. The molecule has 1 fully saturated rings. The van der Waals surface area contributed by atoms with E-state index in [4.69, 9.17) is 4.74 Å². The third-order valence-electron chi connectivity index (χ3n) is 5.86. The second kappa shape index (κ2) is 9.95. The van der Waals surface area contributed by atoms with Crippen molar-refractivity contribution in [2.24, 2.45) is 0 Å². The van der Waals surface area contributed by atoms with Gasteiger partial charge in [0.05, 0.1) is 6.61 Å². The number of hydrogen-bond acceptors (Lipinski definition) is 2. The molecule has 0 spiro atoms. The first-order valence-electron chi connectivity index (χ1n) is 10.2. The second-order valence-corrected chi connectivity index (χ2v) is 7.67. The van der Waals surface area contributed by atoms with E-state index in [1.165, 1.54) is 41.3 Å². The van der Waals surface area contributed by atoms with Crippen LogP contribution >= 0.6 is 12.4 Å². The minimum atomic E-state index is 0. The van der Waals surface area contributed by atoms with Crippen LogP contribution in [0.1, 0.15) is 30.4 Å². The largest absolute Gasteiger partial charge is 0.493 e. The van der Waals surface area contributed by atoms with Gasteiger partial charge in [0.2, 0.25) is 0 Å². The van der Waals surface area contributed by atoms with Gasteiger partial charge in [-0.1, -0.05) is 66.7 Å². The van der Waals surface area contributed by atoms with Crippen LogP contribution in [0.3, 0.4) is 0 Å². The van der Waals surface area contributed by atoms with Crippen molar-refractivity contribution >= 4 is 23.2 Å². The molecular formula is C25H30ClNO. The van der Waals surface area contributed by atoms with Gasteiger partial charge in [-0.2, -0.15) is 0 Å². The topological polar surface area (TPSA) is 12.5 Å². The average Bonchev–Trinajstić information content (AvgIpc) is 3.12. The maximum atomic E-state index is 6.42. The molecule has 3 aromatic rings. The standard InChI is InChI=1S/C25H29NO.ClH/c1-26-18-7-11-23(26)17-19-27-25-22(14-13-20-8-3-2-4-9-20)16-15-21-10-5-6-12-24(21)25;/h2-6,8-10,12,15-16,23H,7,11,13-14,17-19H2,1H3;1H. The van der Waals surface area contributed by atoms with Crippen LogP contribution in [-0.4, -0.2) is 31.1 Å². The Morgan fingerprint density at radius 3 is 2.50 bits per heavy atom. The maximum Gasteiger partial charge on any atom is 0.130 e. The lowest BCUT2D eigenvalue weighted by Crippen LogP contribution is -2.26. The Balaban J connectivity index is 0.00000225. The van der Waals surface area contributed by atoms with Crippen LogP contribution in [0.25, 0.3) is 10.8 Å². The lowest BCUT2D eigenvalue weighted by atomic mass is 9.99. The molecule has 4 rings (SSSR count). The predicted molar refractivity (Wildman–Crippen MR) is 121 cm³/mol. The summed E-state index contributed by atoms with van der Waals surface area (Å²) in [6, 6.07) is 24.5. The van der Waals surface area contributed by atoms with Crippen LogP contribution in [-0.2, 0) is 12.8 Å². The number of nitrogens with zero attached hydrogens (tertiary/aromatic N) is 1. The monoisotopic (exact) mass is 395 g/mol. The molecule has 148 valence electrons. The summed E-state index contributed by atoms with van der Waals surface area (Å²) in [5.41, 5.74) is 2.70. The molecule has 3 heteroatoms. The van der Waals surface area contributed by atoms with Crippen molar-refractivity contribution in [3.05, 3.63) is 77.9 Å². The highest BCUT2D eigenvalue weighted by Crippen LogP contribution is 2.31. The minimum absolute atomic E-state index is 0. The fourth-order valence-corrected chi connectivity index (χ4v) is 4.22. The number of rotatable bonds is 7. The Morgan fingerprint density at radius 2 is 1.71 bits per heavy atom. The van der Waals surface area contributed by atoms with E-state index >= 15 is 0 Å². The van der Waals surface area contributed by atoms with E-state index in [-0.39, 0.29) is 12.4 Å². The number of hydrogen-bond donors (Lipinski definition) is 0. The van der Waals surface area contributed by atoms with Gasteiger partial charge in [-0.05, 0) is 62.2 Å². The van der Waals surface area contributed by atoms with Gasteiger partial charge in [-0.25, -0.2) is 0 Å². The third-order valence-corrected chi connectivity index (χ3v) is 5.86. The van der Waals surface area contributed by atoms with Crippen molar-refractivity contribution in [1.82, 2.24) is 4.90 Å². The molecule has 0 aliphatic carbocycles. The molecule has 2 nitrogen and oxygen atoms in total. The first-order chi connectivity index (χ1) is 13.3. The summed E-state index contributed by atoms with van der Waals surface area (Å²) >= 11 is 0. The highest BCUT2D eigenvalue weighted by Gasteiger charge is 2.20. The minimum Gasteiger partial charge on any atom is -0.493 e. The van der Waals surface area contributed by atoms with Gasteiger partial charge in [0.25, 0.3) is 0 Å². The molecule has 3 aromatic carbocycles. The van der Waals surface area contributed by atoms with Crippen LogP contribution < -0.4 is 4.74 Å². The number of benzene rings is 3. The molecule has 0 N–H and O–H groups in total. The van der Waals surface area contributed by atoms with Crippen LogP contribution in [0.4, 0.5) is 0 Å². The van der Waals surface area contributed by atoms with Crippen molar-refractivity contribution < 1.29 is 4.74 Å². The highest BCUT2D eigenvalue weighted by atomic mass is 35.5. The number of fused-ring (bicyclic) bond motifs is 1. The number of halogens is 1. The van der Waals surface area contributed by atoms with Gasteiger partial charge in [0, 0.05) is 11.4 Å². The zero-order valence-electron chi connectivity index (χ0n) is 16.6. The zero-order chi connectivity index (χ0) is 18.5. The highest BCUT2D eigenvalue weighted by molar-refractivity contribution is 5.89. The zero-order valence-corrected chi connectivity index (χ0v) is 17.5. The first-order valence-corrected chi connectivity index (χ1v) is 10.2. The van der Waals surface area contributed by atoms with Gasteiger partial charge in [0.15, 0.2) is 0 Å². The fourth-order valence-electron chi connectivity index (χ4n) is 4.22. The molecule has 0 amide bonds. The molecule has 0 radical (unpaired) electrons. The molecule has 1 aliphatic rings. The molecular weight excluding hydrogens is 366 g/mol. The van der Waals surface area contributed by atoms with Gasteiger partial charge in [0.1, 0.15) is 5.75 Å². The maximum absolute atomic E-state index is 6.42. The SMILES string of the molecule is CN1CCCC1CCOc1c(CCc2ccccc2)ccc2ccccc12.Cl. The van der Waals surface area contributed by atoms with Crippen LogP contribution in [0.5, 0.6) is 5.75 Å². The van der Waals surface area contributed by atoms with Crippen LogP contribution in [0, 0.1) is 0 Å². The molecule has 1 heterocycles. The summed E-state index contributed by atoms with van der Waals surface area (Å²) in [7, 11) is 2.24. The van der Waals surface area contributed by atoms with Gasteiger partial charge in [-0.3, -0.25) is 0 Å². The Bertz CT molecular complexity index is 880. The molecule has 1 unspecified atom stereocenters. The van der Waals surface area contributed by atoms with Crippen molar-refractivity contribution in [3.8, 4) is 5.75 Å². The lowest BCUT2D eigenvalue weighted by molar-refractivity contribution is 0.233. The Labute approximate surface area is 174 Å². The molecule has 1 atom stereocenters. The van der Waals surface area contributed by atoms with E-state index in [1.807, 2.05) is 0 Å². The molecule has 1 aliphatic heterocycles. The van der Waals surface area contributed by atoms with Crippen LogP contribution in [0.15, 0.2) is 66.7 Å². The van der Waals surface area contributed by atoms with Crippen molar-refractivity contribution in [2.45, 2.75) is 38.1 Å². The molecule has 0 aromatic heterocycles. The normalized spacial score (nSPS) is 16.8. The number of likely N-dealkylation sites (tertiary alicyclic amines) is 1. The van der Waals surface area contributed by atoms with E-state index < -0.39 is 0 Å². The molecule has 0 bridgehead atoms. The average molecular weight is 396 g/mol. The molecule has 28 heavy (non-hydrogen) atoms. The smallest absolute Gasteiger partial charge is 0.130 e. The van der Waals surface area contributed by atoms with Gasteiger partial charge in [-0.15, -0.1) is 12.4 Å². The summed E-state index contributed by atoms with van der Waals surface area (Å²) in [6.07, 6.45) is 5.78. The Morgan fingerprint density at radius 1 is 0.929 bits per heavy atom. The summed E-state index contributed by atoms with van der Waals surface area (Å²) in [5, 5.41) is 2.50. The summed E-state index contributed by atoms with van der Waals surface area (Å²) in [4.78, 5) is 2.47. The van der Waals surface area contributed by atoms with E-state index in [0.717, 1.165) is 31.6 Å². The van der Waals surface area contributed by atoms with Gasteiger partial charge < -0.3 is 9.64 Å². The van der Waals surface area contributed by atoms with Crippen molar-refractivity contribution in [2.75, 3.05) is 20.2 Å². The third kappa shape index (κ3) is 4.87. The van der Waals surface area contributed by atoms with E-state index in [0.29, 0.717) is 6.04 Å². The van der Waals surface area contributed by atoms with Crippen LogP contribution in [0.2, 0.25) is 0 Å².